The van der Waals surface area contributed by atoms with Gasteiger partial charge >= 0.3 is 0 Å². The molecule has 28 heavy (non-hydrogen) atoms. The first-order valence-corrected chi connectivity index (χ1v) is 9.64. The molecular weight excluding hydrogens is 380 g/mol. The third kappa shape index (κ3) is 3.80. The maximum atomic E-state index is 13.1. The van der Waals surface area contributed by atoms with Crippen molar-refractivity contribution in [1.29, 1.82) is 0 Å². The first-order chi connectivity index (χ1) is 13.5. The Hall–Kier alpha value is -3.06. The Morgan fingerprint density at radius 2 is 1.75 bits per heavy atom. The zero-order valence-electron chi connectivity index (χ0n) is 15.0. The van der Waals surface area contributed by atoms with Crippen molar-refractivity contribution in [2.75, 3.05) is 0 Å². The highest BCUT2D eigenvalue weighted by Crippen LogP contribution is 2.24. The Kier molecular flexibility index (Phi) is 4.92. The monoisotopic (exact) mass is 397 g/mol. The largest absolute Gasteiger partial charge is 0.349 e. The Balaban J connectivity index is 1.49. The number of amides is 1. The van der Waals surface area contributed by atoms with Gasteiger partial charge < -0.3 is 5.32 Å². The lowest BCUT2D eigenvalue weighted by Gasteiger charge is -2.14. The van der Waals surface area contributed by atoms with Crippen molar-refractivity contribution >= 4 is 22.2 Å². The van der Waals surface area contributed by atoms with Crippen molar-refractivity contribution in [3.63, 3.8) is 0 Å². The van der Waals surface area contributed by atoms with E-state index in [1.807, 2.05) is 22.9 Å². The minimum Gasteiger partial charge on any atom is -0.349 e. The van der Waals surface area contributed by atoms with E-state index >= 15 is 0 Å². The van der Waals surface area contributed by atoms with Crippen molar-refractivity contribution in [2.45, 2.75) is 19.4 Å². The third-order valence-corrected chi connectivity index (χ3v) is 5.40. The van der Waals surface area contributed by atoms with Crippen molar-refractivity contribution < 1.29 is 13.6 Å². The summed E-state index contributed by atoms with van der Waals surface area (Å²) >= 11 is 1.45. The van der Waals surface area contributed by atoms with E-state index in [4.69, 9.17) is 0 Å². The molecule has 0 bridgehead atoms. The summed E-state index contributed by atoms with van der Waals surface area (Å²) in [5.41, 5.74) is 3.21. The van der Waals surface area contributed by atoms with E-state index in [1.54, 1.807) is 24.3 Å². The van der Waals surface area contributed by atoms with Crippen LogP contribution in [0.3, 0.4) is 0 Å². The van der Waals surface area contributed by atoms with Gasteiger partial charge in [0.2, 0.25) is 5.91 Å². The Morgan fingerprint density at radius 1 is 1.11 bits per heavy atom. The number of nitrogens with one attached hydrogen (secondary N) is 1. The molecule has 2 aromatic carbocycles. The predicted molar refractivity (Wildman–Crippen MR) is 105 cm³/mol. The van der Waals surface area contributed by atoms with Gasteiger partial charge in [-0.05, 0) is 48.9 Å². The molecule has 0 aliphatic heterocycles. The summed E-state index contributed by atoms with van der Waals surface area (Å²) in [4.78, 5) is 17.8. The molecule has 1 amide bonds. The lowest BCUT2D eigenvalue weighted by molar-refractivity contribution is -0.121. The summed E-state index contributed by atoms with van der Waals surface area (Å²) in [6.45, 7) is 1.86. The van der Waals surface area contributed by atoms with Gasteiger partial charge in [-0.25, -0.2) is 13.8 Å². The maximum absolute atomic E-state index is 13.1. The zero-order chi connectivity index (χ0) is 19.7. The van der Waals surface area contributed by atoms with E-state index < -0.39 is 0 Å². The highest BCUT2D eigenvalue weighted by Gasteiger charge is 2.15. The van der Waals surface area contributed by atoms with Gasteiger partial charge in [0, 0.05) is 22.8 Å². The Labute approximate surface area is 164 Å². The topological polar surface area (TPSA) is 46.4 Å². The molecule has 4 aromatic rings. The second-order valence-corrected chi connectivity index (χ2v) is 7.37. The number of hydrogen-bond acceptors (Lipinski definition) is 3. The van der Waals surface area contributed by atoms with Crippen LogP contribution in [0.1, 0.15) is 24.2 Å². The number of rotatable bonds is 5. The zero-order valence-corrected chi connectivity index (χ0v) is 15.8. The van der Waals surface area contributed by atoms with Crippen LogP contribution in [-0.2, 0) is 11.2 Å². The first-order valence-electron chi connectivity index (χ1n) is 8.76. The fourth-order valence-electron chi connectivity index (χ4n) is 3.01. The standard InChI is InChI=1S/C21H17F2N3OS/c1-13(14-2-6-16(22)7-3-14)24-20(27)10-18-12-28-21-25-19(11-26(18)21)15-4-8-17(23)9-5-15/h2-9,11-13H,10H2,1H3,(H,24,27)/t13-/m1/s1. The van der Waals surface area contributed by atoms with E-state index in [0.29, 0.717) is 0 Å². The molecule has 0 fully saturated rings. The highest BCUT2D eigenvalue weighted by atomic mass is 32.1. The number of halogens is 2. The van der Waals surface area contributed by atoms with Crippen LogP contribution in [0.15, 0.2) is 60.1 Å². The molecule has 0 radical (unpaired) electrons. The summed E-state index contributed by atoms with van der Waals surface area (Å²) < 4.78 is 28.0. The van der Waals surface area contributed by atoms with E-state index in [1.165, 1.54) is 35.6 Å². The molecule has 0 saturated heterocycles. The van der Waals surface area contributed by atoms with Crippen LogP contribution in [0.2, 0.25) is 0 Å². The predicted octanol–water partition coefficient (Wildman–Crippen LogP) is 4.76. The van der Waals surface area contributed by atoms with Gasteiger partial charge in [0.25, 0.3) is 0 Å². The van der Waals surface area contributed by atoms with Gasteiger partial charge in [-0.1, -0.05) is 12.1 Å². The van der Waals surface area contributed by atoms with Gasteiger partial charge in [-0.3, -0.25) is 9.20 Å². The number of imidazole rings is 1. The van der Waals surface area contributed by atoms with Crippen LogP contribution in [0, 0.1) is 11.6 Å². The SMILES string of the molecule is C[C@@H](NC(=O)Cc1csc2nc(-c3ccc(F)cc3)cn12)c1ccc(F)cc1. The molecule has 142 valence electrons. The molecule has 2 heterocycles. The Bertz CT molecular complexity index is 1120. The molecule has 4 rings (SSSR count). The summed E-state index contributed by atoms with van der Waals surface area (Å²) in [5.74, 6) is -0.731. The van der Waals surface area contributed by atoms with Gasteiger partial charge in [0.1, 0.15) is 11.6 Å². The average molecular weight is 397 g/mol. The van der Waals surface area contributed by atoms with Crippen molar-refractivity contribution in [1.82, 2.24) is 14.7 Å². The highest BCUT2D eigenvalue weighted by molar-refractivity contribution is 7.15. The van der Waals surface area contributed by atoms with Gasteiger partial charge in [0.05, 0.1) is 18.2 Å². The fraction of sp³-hybridized carbons (Fsp3) is 0.143. The molecule has 0 unspecified atom stereocenters. The summed E-state index contributed by atoms with van der Waals surface area (Å²) in [6.07, 6.45) is 2.05. The minimum absolute atomic E-state index is 0.131. The lowest BCUT2D eigenvalue weighted by atomic mass is 10.1. The summed E-state index contributed by atoms with van der Waals surface area (Å²) in [5, 5.41) is 4.83. The average Bonchev–Trinajstić information content (AvgIpc) is 3.25. The Morgan fingerprint density at radius 3 is 2.43 bits per heavy atom. The molecule has 0 spiro atoms. The lowest BCUT2D eigenvalue weighted by Crippen LogP contribution is -2.28. The molecule has 0 saturated carbocycles. The van der Waals surface area contributed by atoms with Crippen molar-refractivity contribution in [3.8, 4) is 11.3 Å². The minimum atomic E-state index is -0.306. The van der Waals surface area contributed by atoms with E-state index in [0.717, 1.165) is 27.5 Å². The number of aromatic nitrogens is 2. The fourth-order valence-corrected chi connectivity index (χ4v) is 3.88. The quantitative estimate of drug-likeness (QED) is 0.528. The number of thiazole rings is 1. The molecule has 0 aliphatic carbocycles. The third-order valence-electron chi connectivity index (χ3n) is 4.51. The second kappa shape index (κ2) is 7.52. The molecule has 1 atom stereocenters. The van der Waals surface area contributed by atoms with E-state index in [-0.39, 0.29) is 30.0 Å². The summed E-state index contributed by atoms with van der Waals surface area (Å²) in [6, 6.07) is 12.0. The number of carbonyl (C=O) groups excluding carboxylic acids is 1. The van der Waals surface area contributed by atoms with Gasteiger partial charge in [-0.15, -0.1) is 11.3 Å². The van der Waals surface area contributed by atoms with Crippen molar-refractivity contribution in [3.05, 3.63) is 83.0 Å². The van der Waals surface area contributed by atoms with E-state index in [9.17, 15) is 13.6 Å². The van der Waals surface area contributed by atoms with Crippen LogP contribution >= 0.6 is 11.3 Å². The molecule has 4 nitrogen and oxygen atoms in total. The van der Waals surface area contributed by atoms with Gasteiger partial charge in [0.15, 0.2) is 4.96 Å². The van der Waals surface area contributed by atoms with Crippen LogP contribution in [-0.4, -0.2) is 15.3 Å². The number of nitrogens with zero attached hydrogens (tertiary/aromatic N) is 2. The number of hydrogen-bond donors (Lipinski definition) is 1. The number of fused-ring (bicyclic) bond motifs is 1. The van der Waals surface area contributed by atoms with Crippen LogP contribution in [0.5, 0.6) is 0 Å². The molecule has 1 N–H and O–H groups in total. The maximum Gasteiger partial charge on any atom is 0.226 e. The number of benzene rings is 2. The summed E-state index contributed by atoms with van der Waals surface area (Å²) in [7, 11) is 0. The number of carbonyl (C=O) groups is 1. The first kappa shape index (κ1) is 18.3. The van der Waals surface area contributed by atoms with Crippen LogP contribution < -0.4 is 5.32 Å². The van der Waals surface area contributed by atoms with Gasteiger partial charge in [-0.2, -0.15) is 0 Å². The van der Waals surface area contributed by atoms with Crippen LogP contribution in [0.25, 0.3) is 16.2 Å². The van der Waals surface area contributed by atoms with Crippen LogP contribution in [0.4, 0.5) is 8.78 Å². The normalized spacial score (nSPS) is 12.2. The smallest absolute Gasteiger partial charge is 0.226 e. The molecule has 7 heteroatoms. The molecular formula is C21H17F2N3OS. The molecule has 0 aliphatic rings. The van der Waals surface area contributed by atoms with Crippen molar-refractivity contribution in [2.24, 2.45) is 0 Å². The van der Waals surface area contributed by atoms with E-state index in [2.05, 4.69) is 10.3 Å². The second-order valence-electron chi connectivity index (χ2n) is 6.53. The molecule has 2 aromatic heterocycles.